The van der Waals surface area contributed by atoms with Crippen molar-refractivity contribution >= 4 is 25.8 Å². The van der Waals surface area contributed by atoms with Crippen molar-refractivity contribution < 1.29 is 17.7 Å². The highest BCUT2D eigenvalue weighted by atomic mass is 29.2. The molecule has 2 aromatic carbocycles. The van der Waals surface area contributed by atoms with E-state index in [0.717, 1.165) is 24.2 Å². The molecule has 2 rings (SSSR count). The summed E-state index contributed by atoms with van der Waals surface area (Å²) in [5.41, 5.74) is 1.54. The molecule has 0 amide bonds. The minimum atomic E-state index is -2.31. The Hall–Kier alpha value is -2.09. The lowest BCUT2D eigenvalue weighted by atomic mass is 10.0. The van der Waals surface area contributed by atoms with E-state index in [0.29, 0.717) is 5.56 Å². The fraction of sp³-hybridized carbons (Fsp3) is 0.500. The Kier molecular flexibility index (Phi) is 11.9. The Balaban J connectivity index is 2.07. The molecular formula is C26H38FNO3Si3. The summed E-state index contributed by atoms with van der Waals surface area (Å²) >= 11 is 0. The molecule has 0 heterocycles. The van der Waals surface area contributed by atoms with Gasteiger partial charge in [0, 0.05) is 0 Å². The fourth-order valence-electron chi connectivity index (χ4n) is 3.94. The van der Waals surface area contributed by atoms with E-state index in [9.17, 15) is 8.85 Å². The Labute approximate surface area is 209 Å². The summed E-state index contributed by atoms with van der Waals surface area (Å²) in [6.07, 6.45) is 9.53. The Morgan fingerprint density at radius 2 is 1.65 bits per heavy atom. The van der Waals surface area contributed by atoms with E-state index >= 15 is 0 Å². The second-order valence-corrected chi connectivity index (χ2v) is 19.3. The van der Waals surface area contributed by atoms with Gasteiger partial charge in [0.05, 0.1) is 5.56 Å². The SMILES string of the molecule is CCCCCCCCCC(Oc1ccc(-c2ccc(C#N)c(F)c2)cc1)[Si](C)(C)O[Si](=O)[SiH2]C. The van der Waals surface area contributed by atoms with Gasteiger partial charge < -0.3 is 13.3 Å². The molecule has 0 bridgehead atoms. The molecule has 1 atom stereocenters. The standard InChI is InChI=1S/C26H38FNO3Si3/c1-5-6-7-8-9-10-11-12-26(34(3,4)31-33(29)32-2)30-24-17-15-21(16-18-24)22-13-14-23(20-28)25(27)19-22/h13-19,26H,5-12,32H2,1-4H3. The minimum absolute atomic E-state index is 0.0403. The lowest BCUT2D eigenvalue weighted by Gasteiger charge is -2.33. The summed E-state index contributed by atoms with van der Waals surface area (Å²) < 4.78 is 38.8. The van der Waals surface area contributed by atoms with Crippen LogP contribution in [0.2, 0.25) is 19.6 Å². The van der Waals surface area contributed by atoms with Crippen LogP contribution in [-0.2, 0) is 8.58 Å². The summed E-state index contributed by atoms with van der Waals surface area (Å²) in [5, 5.41) is 8.93. The predicted molar refractivity (Wildman–Crippen MR) is 143 cm³/mol. The molecule has 0 spiro atoms. The Morgan fingerprint density at radius 3 is 2.24 bits per heavy atom. The van der Waals surface area contributed by atoms with E-state index in [1.165, 1.54) is 50.7 Å². The second kappa shape index (κ2) is 14.3. The third-order valence-electron chi connectivity index (χ3n) is 6.07. The van der Waals surface area contributed by atoms with Crippen LogP contribution in [0.4, 0.5) is 4.39 Å². The van der Waals surface area contributed by atoms with Crippen molar-refractivity contribution in [1.29, 1.82) is 5.26 Å². The zero-order valence-electron chi connectivity index (χ0n) is 21.0. The molecule has 0 aliphatic carbocycles. The van der Waals surface area contributed by atoms with E-state index in [4.69, 9.17) is 14.1 Å². The van der Waals surface area contributed by atoms with Crippen molar-refractivity contribution in [3.05, 3.63) is 53.8 Å². The van der Waals surface area contributed by atoms with Gasteiger partial charge in [0.15, 0.2) is 0 Å². The van der Waals surface area contributed by atoms with Crippen LogP contribution in [0.25, 0.3) is 11.1 Å². The number of benzene rings is 2. The van der Waals surface area contributed by atoms with Crippen molar-refractivity contribution in [2.24, 2.45) is 0 Å². The molecule has 0 saturated carbocycles. The van der Waals surface area contributed by atoms with Gasteiger partial charge >= 0.3 is 8.44 Å². The highest BCUT2D eigenvalue weighted by molar-refractivity contribution is 7.03. The number of nitriles is 1. The smallest absolute Gasteiger partial charge is 0.447 e. The van der Waals surface area contributed by atoms with Crippen LogP contribution in [-0.4, -0.2) is 31.5 Å². The van der Waals surface area contributed by atoms with Crippen molar-refractivity contribution in [1.82, 2.24) is 0 Å². The van der Waals surface area contributed by atoms with Crippen LogP contribution in [0, 0.1) is 17.1 Å². The number of ether oxygens (including phenoxy) is 1. The molecule has 0 N–H and O–H groups in total. The third kappa shape index (κ3) is 8.93. The van der Waals surface area contributed by atoms with Crippen LogP contribution in [0.15, 0.2) is 42.5 Å². The minimum Gasteiger partial charge on any atom is -0.579 e. The first-order valence-electron chi connectivity index (χ1n) is 12.5. The van der Waals surface area contributed by atoms with Gasteiger partial charge in [-0.1, -0.05) is 70.2 Å². The van der Waals surface area contributed by atoms with Gasteiger partial charge in [-0.2, -0.15) is 5.26 Å². The van der Waals surface area contributed by atoms with Gasteiger partial charge in [0.25, 0.3) is 8.32 Å². The Bertz CT molecular complexity index is 961. The van der Waals surface area contributed by atoms with Gasteiger partial charge in [-0.15, -0.1) is 0 Å². The largest absolute Gasteiger partial charge is 0.579 e. The highest BCUT2D eigenvalue weighted by Crippen LogP contribution is 2.27. The van der Waals surface area contributed by atoms with Crippen LogP contribution >= 0.6 is 0 Å². The lowest BCUT2D eigenvalue weighted by Crippen LogP contribution is -2.50. The van der Waals surface area contributed by atoms with Gasteiger partial charge in [-0.3, -0.25) is 0 Å². The maximum atomic E-state index is 14.0. The maximum absolute atomic E-state index is 14.0. The van der Waals surface area contributed by atoms with E-state index < -0.39 is 31.6 Å². The molecular weight excluding hydrogens is 478 g/mol. The van der Waals surface area contributed by atoms with Crippen LogP contribution in [0.1, 0.15) is 63.9 Å². The molecule has 34 heavy (non-hydrogen) atoms. The zero-order chi connectivity index (χ0) is 25.0. The second-order valence-electron chi connectivity index (χ2n) is 9.28. The first-order valence-corrected chi connectivity index (χ1v) is 20.5. The third-order valence-corrected chi connectivity index (χ3v) is 14.6. The summed E-state index contributed by atoms with van der Waals surface area (Å²) in [4.78, 5) is 0. The molecule has 8 heteroatoms. The lowest BCUT2D eigenvalue weighted by molar-refractivity contribution is 0.232. The van der Waals surface area contributed by atoms with Gasteiger partial charge in [-0.25, -0.2) is 4.39 Å². The number of rotatable bonds is 15. The zero-order valence-corrected chi connectivity index (χ0v) is 24.4. The van der Waals surface area contributed by atoms with Gasteiger partial charge in [-0.05, 0) is 61.3 Å². The summed E-state index contributed by atoms with van der Waals surface area (Å²) in [7, 11) is -4.89. The average Bonchev–Trinajstić information content (AvgIpc) is 2.82. The van der Waals surface area contributed by atoms with Crippen molar-refractivity contribution in [3.63, 3.8) is 0 Å². The number of hydrogen-bond donors (Lipinski definition) is 0. The highest BCUT2D eigenvalue weighted by Gasteiger charge is 2.38. The summed E-state index contributed by atoms with van der Waals surface area (Å²) in [6, 6.07) is 14.1. The number of halogens is 1. The molecule has 0 saturated heterocycles. The van der Waals surface area contributed by atoms with Crippen molar-refractivity contribution in [3.8, 4) is 22.9 Å². The molecule has 2 aromatic rings. The maximum Gasteiger partial charge on any atom is 0.447 e. The normalized spacial score (nSPS) is 12.5. The average molecular weight is 516 g/mol. The molecule has 0 radical (unpaired) electrons. The van der Waals surface area contributed by atoms with Crippen LogP contribution in [0.5, 0.6) is 5.75 Å². The number of hydrogen-bond acceptors (Lipinski definition) is 4. The van der Waals surface area contributed by atoms with Gasteiger partial charge in [0.1, 0.15) is 32.4 Å². The molecule has 1 unspecified atom stereocenters. The molecule has 0 aromatic heterocycles. The monoisotopic (exact) mass is 515 g/mol. The van der Waals surface area contributed by atoms with E-state index in [1.54, 1.807) is 6.07 Å². The quantitative estimate of drug-likeness (QED) is 0.197. The van der Waals surface area contributed by atoms with E-state index in [2.05, 4.69) is 20.0 Å². The first-order chi connectivity index (χ1) is 16.3. The van der Waals surface area contributed by atoms with E-state index in [1.807, 2.05) is 36.9 Å². The fourth-order valence-corrected chi connectivity index (χ4v) is 13.4. The topological polar surface area (TPSA) is 59.3 Å². The Morgan fingerprint density at radius 1 is 1.03 bits per heavy atom. The molecule has 184 valence electrons. The first kappa shape index (κ1) is 28.2. The van der Waals surface area contributed by atoms with Crippen molar-refractivity contribution in [2.45, 2.75) is 83.7 Å². The molecule has 0 aliphatic heterocycles. The predicted octanol–water partition coefficient (Wildman–Crippen LogP) is 6.65. The summed E-state index contributed by atoms with van der Waals surface area (Å²) in [5.74, 6) is 0.220. The summed E-state index contributed by atoms with van der Waals surface area (Å²) in [6.45, 7) is 8.48. The molecule has 0 aliphatic rings. The molecule has 4 nitrogen and oxygen atoms in total. The number of unbranched alkanes of at least 4 members (excludes halogenated alkanes) is 6. The van der Waals surface area contributed by atoms with Crippen LogP contribution < -0.4 is 4.74 Å². The van der Waals surface area contributed by atoms with Crippen molar-refractivity contribution in [2.75, 3.05) is 0 Å². The number of nitrogens with zero attached hydrogens (tertiary/aromatic N) is 1. The molecule has 0 fully saturated rings. The van der Waals surface area contributed by atoms with Crippen LogP contribution in [0.3, 0.4) is 0 Å². The van der Waals surface area contributed by atoms with Gasteiger partial charge in [0.2, 0.25) is 0 Å². The van der Waals surface area contributed by atoms with E-state index in [-0.39, 0.29) is 11.3 Å².